The number of rotatable bonds is 2. The maximum Gasteiger partial charge on any atom is 0.227 e. The molecular weight excluding hydrogens is 273 g/mol. The topological polar surface area (TPSA) is 20.3 Å². The average molecular weight is 286 g/mol. The summed E-state index contributed by atoms with van der Waals surface area (Å²) in [6.45, 7) is 0.628. The van der Waals surface area contributed by atoms with Crippen LogP contribution < -0.4 is 4.90 Å². The van der Waals surface area contributed by atoms with E-state index in [2.05, 4.69) is 15.9 Å². The first-order valence-corrected chi connectivity index (χ1v) is 6.49. The molecule has 1 fully saturated rings. The monoisotopic (exact) mass is 285 g/mol. The van der Waals surface area contributed by atoms with Crippen LogP contribution in [0.2, 0.25) is 0 Å². The Hall–Kier alpha value is -0.900. The standard InChI is InChI=1S/C12H13BrFNO/c13-8-9-4-5-11(10(14)7-9)15-6-2-1-3-12(15)16/h4-5,7H,1-3,6,8H2. The van der Waals surface area contributed by atoms with Gasteiger partial charge in [-0.3, -0.25) is 4.79 Å². The van der Waals surface area contributed by atoms with Gasteiger partial charge in [-0.2, -0.15) is 0 Å². The Morgan fingerprint density at radius 2 is 2.19 bits per heavy atom. The highest BCUT2D eigenvalue weighted by Gasteiger charge is 2.22. The van der Waals surface area contributed by atoms with Gasteiger partial charge in [0.2, 0.25) is 5.91 Å². The zero-order chi connectivity index (χ0) is 11.5. The van der Waals surface area contributed by atoms with E-state index in [1.165, 1.54) is 6.07 Å². The van der Waals surface area contributed by atoms with E-state index in [1.54, 1.807) is 11.0 Å². The largest absolute Gasteiger partial charge is 0.310 e. The summed E-state index contributed by atoms with van der Waals surface area (Å²) >= 11 is 3.28. The summed E-state index contributed by atoms with van der Waals surface area (Å²) < 4.78 is 13.8. The van der Waals surface area contributed by atoms with Crippen molar-refractivity contribution in [2.75, 3.05) is 11.4 Å². The molecule has 0 aromatic heterocycles. The fraction of sp³-hybridized carbons (Fsp3) is 0.417. The number of nitrogens with zero attached hydrogens (tertiary/aromatic N) is 1. The molecule has 0 spiro atoms. The molecule has 0 unspecified atom stereocenters. The van der Waals surface area contributed by atoms with E-state index in [1.807, 2.05) is 6.07 Å². The van der Waals surface area contributed by atoms with Crippen LogP contribution in [0, 0.1) is 5.82 Å². The van der Waals surface area contributed by atoms with Crippen molar-refractivity contribution in [1.82, 2.24) is 0 Å². The predicted molar refractivity (Wildman–Crippen MR) is 65.2 cm³/mol. The van der Waals surface area contributed by atoms with Crippen molar-refractivity contribution in [3.63, 3.8) is 0 Å². The number of carbonyl (C=O) groups is 1. The van der Waals surface area contributed by atoms with Crippen molar-refractivity contribution in [3.05, 3.63) is 29.6 Å². The van der Waals surface area contributed by atoms with Gasteiger partial charge in [0, 0.05) is 18.3 Å². The zero-order valence-corrected chi connectivity index (χ0v) is 10.5. The maximum atomic E-state index is 13.8. The summed E-state index contributed by atoms with van der Waals surface area (Å²) in [5.74, 6) is -0.288. The number of hydrogen-bond donors (Lipinski definition) is 0. The number of alkyl halides is 1. The van der Waals surface area contributed by atoms with Gasteiger partial charge in [-0.15, -0.1) is 0 Å². The van der Waals surface area contributed by atoms with Gasteiger partial charge in [0.1, 0.15) is 5.82 Å². The summed E-state index contributed by atoms with van der Waals surface area (Å²) in [7, 11) is 0. The lowest BCUT2D eigenvalue weighted by Gasteiger charge is -2.27. The molecule has 1 heterocycles. The van der Waals surface area contributed by atoms with Gasteiger partial charge in [0.05, 0.1) is 5.69 Å². The fourth-order valence-electron chi connectivity index (χ4n) is 1.91. The molecule has 4 heteroatoms. The van der Waals surface area contributed by atoms with Gasteiger partial charge in [0.25, 0.3) is 0 Å². The summed E-state index contributed by atoms with van der Waals surface area (Å²) in [6.07, 6.45) is 2.39. The van der Waals surface area contributed by atoms with Gasteiger partial charge in [-0.05, 0) is 30.5 Å². The molecule has 0 radical (unpaired) electrons. The van der Waals surface area contributed by atoms with Crippen molar-refractivity contribution < 1.29 is 9.18 Å². The van der Waals surface area contributed by atoms with E-state index in [0.717, 1.165) is 18.4 Å². The van der Waals surface area contributed by atoms with E-state index in [-0.39, 0.29) is 11.7 Å². The van der Waals surface area contributed by atoms with Crippen molar-refractivity contribution >= 4 is 27.5 Å². The third-order valence-corrected chi connectivity index (χ3v) is 3.43. The molecule has 2 rings (SSSR count). The predicted octanol–water partition coefficient (Wildman–Crippen LogP) is 3.24. The fourth-order valence-corrected chi connectivity index (χ4v) is 2.26. The van der Waals surface area contributed by atoms with Crippen LogP contribution in [0.5, 0.6) is 0 Å². The van der Waals surface area contributed by atoms with Crippen LogP contribution in [0.4, 0.5) is 10.1 Å². The van der Waals surface area contributed by atoms with E-state index < -0.39 is 0 Å². The number of halogens is 2. The highest BCUT2D eigenvalue weighted by atomic mass is 79.9. The molecule has 1 aromatic rings. The molecule has 0 atom stereocenters. The number of hydrogen-bond acceptors (Lipinski definition) is 1. The van der Waals surface area contributed by atoms with Crippen LogP contribution in [0.1, 0.15) is 24.8 Å². The molecule has 0 N–H and O–H groups in total. The molecule has 2 nitrogen and oxygen atoms in total. The van der Waals surface area contributed by atoms with Gasteiger partial charge in [0.15, 0.2) is 0 Å². The average Bonchev–Trinajstić information content (AvgIpc) is 2.30. The highest BCUT2D eigenvalue weighted by molar-refractivity contribution is 9.08. The Bertz CT molecular complexity index is 408. The van der Waals surface area contributed by atoms with E-state index >= 15 is 0 Å². The zero-order valence-electron chi connectivity index (χ0n) is 8.88. The van der Waals surface area contributed by atoms with Gasteiger partial charge >= 0.3 is 0 Å². The molecule has 1 saturated heterocycles. The Balaban J connectivity index is 2.28. The van der Waals surface area contributed by atoms with Gasteiger partial charge < -0.3 is 4.90 Å². The summed E-state index contributed by atoms with van der Waals surface area (Å²) in [5, 5.41) is 0.623. The van der Waals surface area contributed by atoms with Crippen LogP contribution in [-0.4, -0.2) is 12.5 Å². The number of amides is 1. The highest BCUT2D eigenvalue weighted by Crippen LogP contribution is 2.25. The van der Waals surface area contributed by atoms with Crippen LogP contribution in [-0.2, 0) is 10.1 Å². The molecule has 1 aliphatic heterocycles. The van der Waals surface area contributed by atoms with Gasteiger partial charge in [-0.1, -0.05) is 22.0 Å². The first-order chi connectivity index (χ1) is 7.72. The van der Waals surface area contributed by atoms with Crippen molar-refractivity contribution in [1.29, 1.82) is 0 Å². The van der Waals surface area contributed by atoms with Crippen LogP contribution in [0.15, 0.2) is 18.2 Å². The molecule has 16 heavy (non-hydrogen) atoms. The SMILES string of the molecule is O=C1CCCCN1c1ccc(CBr)cc1F. The summed E-state index contributed by atoms with van der Waals surface area (Å²) in [4.78, 5) is 13.2. The van der Waals surface area contributed by atoms with Crippen LogP contribution >= 0.6 is 15.9 Å². The minimum absolute atomic E-state index is 0.0248. The van der Waals surface area contributed by atoms with E-state index in [9.17, 15) is 9.18 Å². The minimum Gasteiger partial charge on any atom is -0.310 e. The molecule has 1 amide bonds. The van der Waals surface area contributed by atoms with Crippen LogP contribution in [0.3, 0.4) is 0 Å². The van der Waals surface area contributed by atoms with Gasteiger partial charge in [-0.25, -0.2) is 4.39 Å². The first-order valence-electron chi connectivity index (χ1n) is 5.37. The molecule has 1 aliphatic rings. The van der Waals surface area contributed by atoms with Crippen molar-refractivity contribution in [2.24, 2.45) is 0 Å². The Labute approximate surface area is 103 Å². The molecule has 1 aromatic carbocycles. The smallest absolute Gasteiger partial charge is 0.227 e. The lowest BCUT2D eigenvalue weighted by molar-refractivity contribution is -0.119. The maximum absolute atomic E-state index is 13.8. The van der Waals surface area contributed by atoms with Crippen LogP contribution in [0.25, 0.3) is 0 Å². The Morgan fingerprint density at radius 3 is 2.81 bits per heavy atom. The molecule has 0 bridgehead atoms. The Morgan fingerprint density at radius 1 is 1.38 bits per heavy atom. The normalized spacial score (nSPS) is 16.6. The lowest BCUT2D eigenvalue weighted by Crippen LogP contribution is -2.35. The minimum atomic E-state index is -0.313. The number of carbonyl (C=O) groups excluding carboxylic acids is 1. The third-order valence-electron chi connectivity index (χ3n) is 2.78. The Kier molecular flexibility index (Phi) is 3.59. The third kappa shape index (κ3) is 2.26. The molecule has 86 valence electrons. The molecular formula is C12H13BrFNO. The second-order valence-electron chi connectivity index (χ2n) is 3.92. The lowest BCUT2D eigenvalue weighted by atomic mass is 10.1. The van der Waals surface area contributed by atoms with E-state index in [0.29, 0.717) is 24.0 Å². The second-order valence-corrected chi connectivity index (χ2v) is 4.48. The van der Waals surface area contributed by atoms with E-state index in [4.69, 9.17) is 0 Å². The summed E-state index contributed by atoms with van der Waals surface area (Å²) in [6, 6.07) is 5.01. The second kappa shape index (κ2) is 4.95. The summed E-state index contributed by atoms with van der Waals surface area (Å²) in [5.41, 5.74) is 1.29. The molecule has 0 aliphatic carbocycles. The van der Waals surface area contributed by atoms with Crippen molar-refractivity contribution in [3.8, 4) is 0 Å². The van der Waals surface area contributed by atoms with Crippen molar-refractivity contribution in [2.45, 2.75) is 24.6 Å². The first kappa shape index (κ1) is 11.6. The number of benzene rings is 1. The number of piperidine rings is 1. The quantitative estimate of drug-likeness (QED) is 0.764. The number of anilines is 1. The molecule has 0 saturated carbocycles.